The Labute approximate surface area is 528 Å². The number of esters is 6. The smallest absolute Gasteiger partial charge is 0.339 e. The summed E-state index contributed by atoms with van der Waals surface area (Å²) >= 11 is 0. The van der Waals surface area contributed by atoms with Crippen molar-refractivity contribution >= 4 is 100 Å². The highest BCUT2D eigenvalue weighted by Crippen LogP contribution is 2.32. The summed E-state index contributed by atoms with van der Waals surface area (Å²) in [7, 11) is 0. The van der Waals surface area contributed by atoms with Crippen molar-refractivity contribution in [3.8, 4) is 0 Å². The van der Waals surface area contributed by atoms with Crippen LogP contribution in [0, 0.1) is 0 Å². The van der Waals surface area contributed by atoms with Crippen molar-refractivity contribution in [3.05, 3.63) is 180 Å². The highest BCUT2D eigenvalue weighted by molar-refractivity contribution is 6.18. The second-order valence-electron chi connectivity index (χ2n) is 23.6. The van der Waals surface area contributed by atoms with Crippen molar-refractivity contribution in [2.24, 2.45) is 0 Å². The summed E-state index contributed by atoms with van der Waals surface area (Å²) in [6.07, 6.45) is 18.1. The molecule has 0 unspecified atom stereocenters. The van der Waals surface area contributed by atoms with Crippen LogP contribution in [0.4, 0.5) is 0 Å². The molecule has 0 N–H and O–H groups in total. The lowest BCUT2D eigenvalue weighted by Crippen LogP contribution is -2.30. The number of fused-ring (bicyclic) bond motifs is 6. The maximum absolute atomic E-state index is 13.4. The van der Waals surface area contributed by atoms with Gasteiger partial charge in [0.1, 0.15) is 13.2 Å². The lowest BCUT2D eigenvalue weighted by atomic mass is 9.97. The predicted molar refractivity (Wildman–Crippen MR) is 358 cm³/mol. The standard InChI is InChI=1S/C78H86O12/c79-70(46-16-10-4-1-7-13-31-49-85-76(82)73-64-40-25-19-34-57(64)52-58-35-20-26-41-65(58)73)88-55-63(90-72(81)48-18-12-6-3-9-15-33-51-87-78(84)75-68-44-29-23-38-61(68)54-62-39-24-30-45-69(62)75)56-89-71(80)47-17-11-5-2-8-14-32-50-86-77(83)74-66-42-27-21-36-59(66)53-60-37-22-28-43-67(60)74/h19-30,34-45,52-54,63H,1-18,31-33,46-51,55-56H2. The van der Waals surface area contributed by atoms with Gasteiger partial charge in [0.25, 0.3) is 0 Å². The first-order chi connectivity index (χ1) is 44.2. The van der Waals surface area contributed by atoms with Crippen LogP contribution in [0.5, 0.6) is 0 Å². The largest absolute Gasteiger partial charge is 0.462 e. The summed E-state index contributed by atoms with van der Waals surface area (Å²) in [5.74, 6) is -2.12. The van der Waals surface area contributed by atoms with Crippen LogP contribution >= 0.6 is 0 Å². The minimum atomic E-state index is -0.921. The number of carbonyl (C=O) groups is 6. The quantitative estimate of drug-likeness (QED) is 0.0156. The molecule has 0 saturated carbocycles. The Morgan fingerprint density at radius 2 is 0.478 bits per heavy atom. The molecule has 0 aliphatic carbocycles. The molecule has 9 aromatic rings. The van der Waals surface area contributed by atoms with Gasteiger partial charge in [-0.3, -0.25) is 14.4 Å². The van der Waals surface area contributed by atoms with E-state index in [2.05, 4.69) is 18.2 Å². The van der Waals surface area contributed by atoms with Crippen LogP contribution in [0.25, 0.3) is 64.6 Å². The molecule has 0 amide bonds. The van der Waals surface area contributed by atoms with Gasteiger partial charge in [-0.15, -0.1) is 0 Å². The second-order valence-corrected chi connectivity index (χ2v) is 23.6. The monoisotopic (exact) mass is 1210 g/mol. The molecule has 0 atom stereocenters. The van der Waals surface area contributed by atoms with E-state index in [4.69, 9.17) is 28.4 Å². The number of hydrogen-bond donors (Lipinski definition) is 0. The van der Waals surface area contributed by atoms with Crippen LogP contribution in [-0.4, -0.2) is 75.0 Å². The van der Waals surface area contributed by atoms with E-state index in [0.717, 1.165) is 180 Å². The molecule has 90 heavy (non-hydrogen) atoms. The molecular weight excluding hydrogens is 1130 g/mol. The Kier molecular flexibility index (Phi) is 26.0. The van der Waals surface area contributed by atoms with Gasteiger partial charge in [-0.1, -0.05) is 242 Å². The van der Waals surface area contributed by atoms with Crippen molar-refractivity contribution in [3.63, 3.8) is 0 Å². The highest BCUT2D eigenvalue weighted by atomic mass is 16.6. The topological polar surface area (TPSA) is 158 Å². The number of carbonyl (C=O) groups excluding carboxylic acids is 6. The van der Waals surface area contributed by atoms with Crippen molar-refractivity contribution in [2.75, 3.05) is 33.0 Å². The van der Waals surface area contributed by atoms with Gasteiger partial charge < -0.3 is 28.4 Å². The van der Waals surface area contributed by atoms with Crippen molar-refractivity contribution in [1.82, 2.24) is 0 Å². The van der Waals surface area contributed by atoms with Crippen LogP contribution < -0.4 is 0 Å². The van der Waals surface area contributed by atoms with E-state index in [9.17, 15) is 28.8 Å². The molecule has 0 aliphatic rings. The molecule has 0 spiro atoms. The van der Waals surface area contributed by atoms with Gasteiger partial charge >= 0.3 is 35.8 Å². The minimum Gasteiger partial charge on any atom is -0.462 e. The molecule has 0 heterocycles. The van der Waals surface area contributed by atoms with E-state index in [1.54, 1.807) is 0 Å². The van der Waals surface area contributed by atoms with Crippen LogP contribution in [0.2, 0.25) is 0 Å². The molecule has 0 radical (unpaired) electrons. The van der Waals surface area contributed by atoms with E-state index in [0.29, 0.717) is 55.8 Å². The number of hydrogen-bond acceptors (Lipinski definition) is 12. The third-order valence-electron chi connectivity index (χ3n) is 16.9. The molecule has 0 aliphatic heterocycles. The van der Waals surface area contributed by atoms with Crippen molar-refractivity contribution < 1.29 is 57.2 Å². The zero-order valence-electron chi connectivity index (χ0n) is 52.1. The summed E-state index contributed by atoms with van der Waals surface area (Å²) < 4.78 is 34.3. The first-order valence-corrected chi connectivity index (χ1v) is 33.0. The van der Waals surface area contributed by atoms with E-state index in [1.807, 2.05) is 146 Å². The lowest BCUT2D eigenvalue weighted by Gasteiger charge is -2.18. The first kappa shape index (κ1) is 65.8. The van der Waals surface area contributed by atoms with E-state index < -0.39 is 24.0 Å². The fourth-order valence-corrected chi connectivity index (χ4v) is 12.1. The number of ether oxygens (including phenoxy) is 6. The van der Waals surface area contributed by atoms with Gasteiger partial charge in [0.15, 0.2) is 6.10 Å². The van der Waals surface area contributed by atoms with E-state index >= 15 is 0 Å². The maximum Gasteiger partial charge on any atom is 0.339 e. The van der Waals surface area contributed by atoms with Crippen molar-refractivity contribution in [2.45, 2.75) is 160 Å². The van der Waals surface area contributed by atoms with Crippen molar-refractivity contribution in [1.29, 1.82) is 0 Å². The molecule has 470 valence electrons. The van der Waals surface area contributed by atoms with Crippen LogP contribution in [-0.2, 0) is 42.8 Å². The molecule has 0 bridgehead atoms. The predicted octanol–water partition coefficient (Wildman–Crippen LogP) is 18.8. The van der Waals surface area contributed by atoms with Gasteiger partial charge in [0, 0.05) is 19.3 Å². The minimum absolute atomic E-state index is 0.193. The Balaban J connectivity index is 0.631. The summed E-state index contributed by atoms with van der Waals surface area (Å²) in [6.45, 7) is 0.652. The highest BCUT2D eigenvalue weighted by Gasteiger charge is 2.22. The van der Waals surface area contributed by atoms with Crippen LogP contribution in [0.3, 0.4) is 0 Å². The summed E-state index contributed by atoms with van der Waals surface area (Å²) in [5.41, 5.74) is 1.83. The average Bonchev–Trinajstić information content (AvgIpc) is 0.850. The van der Waals surface area contributed by atoms with Gasteiger partial charge in [-0.25, -0.2) is 14.4 Å². The zero-order chi connectivity index (χ0) is 62.5. The van der Waals surface area contributed by atoms with Gasteiger partial charge in [-0.2, -0.15) is 0 Å². The van der Waals surface area contributed by atoms with E-state index in [1.165, 1.54) is 0 Å². The van der Waals surface area contributed by atoms with E-state index in [-0.39, 0.29) is 50.4 Å². The molecule has 12 heteroatoms. The van der Waals surface area contributed by atoms with Gasteiger partial charge in [0.05, 0.1) is 36.5 Å². The zero-order valence-corrected chi connectivity index (χ0v) is 52.1. The molecule has 9 aromatic carbocycles. The molecular formula is C78H86O12. The summed E-state index contributed by atoms with van der Waals surface area (Å²) in [6, 6.07) is 53.7. The van der Waals surface area contributed by atoms with Gasteiger partial charge in [0.2, 0.25) is 0 Å². The molecule has 0 aromatic heterocycles. The van der Waals surface area contributed by atoms with Gasteiger partial charge in [-0.05, 0) is 121 Å². The number of rotatable bonds is 38. The number of benzene rings is 9. The maximum atomic E-state index is 13.4. The Bertz CT molecular complexity index is 3520. The number of unbranched alkanes of at least 4 members (excludes halogenated alkanes) is 18. The summed E-state index contributed by atoms with van der Waals surface area (Å²) in [5, 5.41) is 11.4. The SMILES string of the molecule is O=C(CCCCCCCCCOC(=O)c1c2ccccc2cc2ccccc12)OCC(COC(=O)CCCCCCCCCOC(=O)c1c2ccccc2cc2ccccc12)OC(=O)CCCCCCCCCOC(=O)c1c2ccccc2cc2ccccc12. The Morgan fingerprint density at radius 1 is 0.256 bits per heavy atom. The molecule has 0 fully saturated rings. The molecule has 12 nitrogen and oxygen atoms in total. The third-order valence-corrected chi connectivity index (χ3v) is 16.9. The third kappa shape index (κ3) is 19.4. The fraction of sp³-hybridized carbons (Fsp3) is 0.385. The average molecular weight is 1220 g/mol. The van der Waals surface area contributed by atoms with Crippen LogP contribution in [0.15, 0.2) is 164 Å². The first-order valence-electron chi connectivity index (χ1n) is 33.0. The summed E-state index contributed by atoms with van der Waals surface area (Å²) in [4.78, 5) is 79.0. The normalized spacial score (nSPS) is 11.4. The molecule has 0 saturated heterocycles. The Hall–Kier alpha value is -8.64. The lowest BCUT2D eigenvalue weighted by molar-refractivity contribution is -0.167. The fourth-order valence-electron chi connectivity index (χ4n) is 12.1. The Morgan fingerprint density at radius 3 is 0.744 bits per heavy atom. The molecule has 9 rings (SSSR count). The van der Waals surface area contributed by atoms with Crippen LogP contribution in [0.1, 0.15) is 185 Å². The second kappa shape index (κ2) is 35.5.